The molecule has 0 amide bonds. The fourth-order valence-corrected chi connectivity index (χ4v) is 2.31. The molecule has 0 spiro atoms. The third-order valence-corrected chi connectivity index (χ3v) is 3.48. The van der Waals surface area contributed by atoms with Crippen molar-refractivity contribution in [3.63, 3.8) is 0 Å². The molecule has 0 aliphatic carbocycles. The van der Waals surface area contributed by atoms with E-state index in [1.165, 1.54) is 4.90 Å². The highest BCUT2D eigenvalue weighted by atomic mass is 32.2. The van der Waals surface area contributed by atoms with E-state index in [1.807, 2.05) is 43.5 Å². The molecular weight excluding hydrogens is 242 g/mol. The van der Waals surface area contributed by atoms with Gasteiger partial charge in [0.05, 0.1) is 0 Å². The first kappa shape index (κ1) is 12.9. The van der Waals surface area contributed by atoms with Crippen molar-refractivity contribution in [2.75, 3.05) is 12.3 Å². The highest BCUT2D eigenvalue weighted by Crippen LogP contribution is 2.19. The van der Waals surface area contributed by atoms with Gasteiger partial charge in [0.15, 0.2) is 0 Å². The van der Waals surface area contributed by atoms with E-state index in [0.29, 0.717) is 0 Å². The Hall–Kier alpha value is -1.52. The number of pyridine rings is 1. The number of nitrogen functional groups attached to an aromatic ring is 1. The smallest absolute Gasteiger partial charge is 0.0416 e. The van der Waals surface area contributed by atoms with Crippen molar-refractivity contribution >= 4 is 17.6 Å². The molecule has 4 heteroatoms. The SMILES string of the molecule is Cc1cc(SNCCc2ccccn2)ccc1N. The van der Waals surface area contributed by atoms with E-state index in [-0.39, 0.29) is 0 Å². The normalized spacial score (nSPS) is 10.5. The van der Waals surface area contributed by atoms with E-state index < -0.39 is 0 Å². The first-order chi connectivity index (χ1) is 8.75. The van der Waals surface area contributed by atoms with E-state index in [1.54, 1.807) is 11.9 Å². The molecule has 0 unspecified atom stereocenters. The van der Waals surface area contributed by atoms with Gasteiger partial charge in [-0.05, 0) is 54.8 Å². The van der Waals surface area contributed by atoms with Crippen molar-refractivity contribution in [2.45, 2.75) is 18.2 Å². The van der Waals surface area contributed by atoms with Gasteiger partial charge >= 0.3 is 0 Å². The summed E-state index contributed by atoms with van der Waals surface area (Å²) in [5.41, 5.74) is 8.85. The van der Waals surface area contributed by atoms with Crippen molar-refractivity contribution in [2.24, 2.45) is 0 Å². The Balaban J connectivity index is 1.77. The van der Waals surface area contributed by atoms with Crippen LogP contribution in [0.25, 0.3) is 0 Å². The maximum Gasteiger partial charge on any atom is 0.0416 e. The molecule has 0 radical (unpaired) electrons. The maximum atomic E-state index is 5.78. The lowest BCUT2D eigenvalue weighted by atomic mass is 10.2. The summed E-state index contributed by atoms with van der Waals surface area (Å²) in [5, 5.41) is 0. The largest absolute Gasteiger partial charge is 0.399 e. The summed E-state index contributed by atoms with van der Waals surface area (Å²) in [4.78, 5) is 5.47. The van der Waals surface area contributed by atoms with Crippen LogP contribution in [-0.2, 0) is 6.42 Å². The van der Waals surface area contributed by atoms with Gasteiger partial charge in [0.1, 0.15) is 0 Å². The van der Waals surface area contributed by atoms with Gasteiger partial charge in [-0.25, -0.2) is 0 Å². The summed E-state index contributed by atoms with van der Waals surface area (Å²) in [5.74, 6) is 0. The Labute approximate surface area is 112 Å². The van der Waals surface area contributed by atoms with E-state index in [2.05, 4.69) is 15.8 Å². The van der Waals surface area contributed by atoms with Gasteiger partial charge in [-0.15, -0.1) is 0 Å². The molecule has 0 atom stereocenters. The monoisotopic (exact) mass is 259 g/mol. The molecule has 0 aliphatic rings. The van der Waals surface area contributed by atoms with Crippen LogP contribution in [-0.4, -0.2) is 11.5 Å². The zero-order valence-electron chi connectivity index (χ0n) is 10.4. The Morgan fingerprint density at radius 1 is 1.28 bits per heavy atom. The molecule has 1 heterocycles. The van der Waals surface area contributed by atoms with E-state index in [4.69, 9.17) is 5.73 Å². The molecule has 3 nitrogen and oxygen atoms in total. The fourth-order valence-electron chi connectivity index (χ4n) is 1.57. The molecule has 18 heavy (non-hydrogen) atoms. The molecule has 3 N–H and O–H groups in total. The van der Waals surface area contributed by atoms with Crippen LogP contribution >= 0.6 is 11.9 Å². The average molecular weight is 259 g/mol. The van der Waals surface area contributed by atoms with Gasteiger partial charge in [0.25, 0.3) is 0 Å². The summed E-state index contributed by atoms with van der Waals surface area (Å²) in [6, 6.07) is 12.0. The van der Waals surface area contributed by atoms with E-state index in [0.717, 1.165) is 29.9 Å². The zero-order valence-corrected chi connectivity index (χ0v) is 11.2. The summed E-state index contributed by atoms with van der Waals surface area (Å²) < 4.78 is 3.33. The number of benzene rings is 1. The highest BCUT2D eigenvalue weighted by molar-refractivity contribution is 7.97. The topological polar surface area (TPSA) is 50.9 Å². The Morgan fingerprint density at radius 3 is 2.89 bits per heavy atom. The lowest BCUT2D eigenvalue weighted by molar-refractivity contribution is 0.875. The molecule has 2 aromatic rings. The minimum absolute atomic E-state index is 0.841. The second-order valence-corrected chi connectivity index (χ2v) is 5.05. The van der Waals surface area contributed by atoms with Crippen LogP contribution in [0.4, 0.5) is 5.69 Å². The lowest BCUT2D eigenvalue weighted by Gasteiger charge is -2.06. The van der Waals surface area contributed by atoms with E-state index >= 15 is 0 Å². The number of aryl methyl sites for hydroxylation is 1. The van der Waals surface area contributed by atoms with Gasteiger partial charge < -0.3 is 5.73 Å². The first-order valence-corrected chi connectivity index (χ1v) is 6.73. The van der Waals surface area contributed by atoms with Crippen LogP contribution in [0.5, 0.6) is 0 Å². The number of hydrogen-bond donors (Lipinski definition) is 2. The molecule has 0 aliphatic heterocycles. The third kappa shape index (κ3) is 3.75. The molecule has 1 aromatic heterocycles. The zero-order chi connectivity index (χ0) is 12.8. The van der Waals surface area contributed by atoms with Gasteiger partial charge in [-0.1, -0.05) is 6.07 Å². The molecule has 0 bridgehead atoms. The second-order valence-electron chi connectivity index (χ2n) is 4.09. The summed E-state index contributed by atoms with van der Waals surface area (Å²) in [6.45, 7) is 2.92. The Morgan fingerprint density at radius 2 is 2.17 bits per heavy atom. The van der Waals surface area contributed by atoms with Crippen LogP contribution in [0.15, 0.2) is 47.5 Å². The summed E-state index contributed by atoms with van der Waals surface area (Å²) in [6.07, 6.45) is 2.76. The number of hydrogen-bond acceptors (Lipinski definition) is 4. The van der Waals surface area contributed by atoms with Crippen molar-refractivity contribution < 1.29 is 0 Å². The number of nitrogens with two attached hydrogens (primary N) is 1. The minimum atomic E-state index is 0.841. The number of nitrogens with one attached hydrogen (secondary N) is 1. The Kier molecular flexibility index (Phi) is 4.61. The first-order valence-electron chi connectivity index (χ1n) is 5.91. The van der Waals surface area contributed by atoms with Crippen molar-refractivity contribution in [3.05, 3.63) is 53.9 Å². The molecule has 2 rings (SSSR count). The van der Waals surface area contributed by atoms with Crippen LogP contribution in [0.2, 0.25) is 0 Å². The van der Waals surface area contributed by atoms with Gasteiger partial charge in [-0.3, -0.25) is 9.71 Å². The number of aromatic nitrogens is 1. The maximum absolute atomic E-state index is 5.78. The molecule has 0 saturated carbocycles. The molecular formula is C14H17N3S. The predicted octanol–water partition coefficient (Wildman–Crippen LogP) is 2.81. The summed E-state index contributed by atoms with van der Waals surface area (Å²) >= 11 is 1.63. The lowest BCUT2D eigenvalue weighted by Crippen LogP contribution is -2.09. The van der Waals surface area contributed by atoms with Gasteiger partial charge in [0, 0.05) is 35.4 Å². The average Bonchev–Trinajstić information content (AvgIpc) is 2.40. The second kappa shape index (κ2) is 6.42. The minimum Gasteiger partial charge on any atom is -0.399 e. The quantitative estimate of drug-likeness (QED) is 0.492. The highest BCUT2D eigenvalue weighted by Gasteiger charge is 1.98. The van der Waals surface area contributed by atoms with Crippen molar-refractivity contribution in [1.82, 2.24) is 9.71 Å². The Bertz CT molecular complexity index is 500. The predicted molar refractivity (Wildman–Crippen MR) is 77.4 cm³/mol. The standard InChI is InChI=1S/C14H17N3S/c1-11-10-13(5-6-14(11)15)18-17-9-7-12-4-2-3-8-16-12/h2-6,8,10,17H,7,9,15H2,1H3. The summed E-state index contributed by atoms with van der Waals surface area (Å²) in [7, 11) is 0. The molecule has 94 valence electrons. The van der Waals surface area contributed by atoms with Crippen LogP contribution in [0.1, 0.15) is 11.3 Å². The van der Waals surface area contributed by atoms with E-state index in [9.17, 15) is 0 Å². The van der Waals surface area contributed by atoms with Crippen LogP contribution in [0.3, 0.4) is 0 Å². The van der Waals surface area contributed by atoms with Gasteiger partial charge in [0.2, 0.25) is 0 Å². The molecule has 0 saturated heterocycles. The number of rotatable bonds is 5. The van der Waals surface area contributed by atoms with Crippen molar-refractivity contribution in [3.8, 4) is 0 Å². The van der Waals surface area contributed by atoms with Crippen molar-refractivity contribution in [1.29, 1.82) is 0 Å². The molecule has 0 fully saturated rings. The van der Waals surface area contributed by atoms with Crippen LogP contribution < -0.4 is 10.5 Å². The number of anilines is 1. The molecule has 1 aromatic carbocycles. The third-order valence-electron chi connectivity index (χ3n) is 2.64. The number of nitrogens with zero attached hydrogens (tertiary/aromatic N) is 1. The van der Waals surface area contributed by atoms with Gasteiger partial charge in [-0.2, -0.15) is 0 Å². The fraction of sp³-hybridized carbons (Fsp3) is 0.214. The van der Waals surface area contributed by atoms with Crippen LogP contribution in [0, 0.1) is 6.92 Å².